The van der Waals surface area contributed by atoms with Crippen LogP contribution in [0.2, 0.25) is 0 Å². The molecule has 0 amide bonds. The van der Waals surface area contributed by atoms with Gasteiger partial charge in [-0.2, -0.15) is 0 Å². The van der Waals surface area contributed by atoms with Crippen LogP contribution >= 0.6 is 0 Å². The summed E-state index contributed by atoms with van der Waals surface area (Å²) in [7, 11) is 0. The third-order valence-corrected chi connectivity index (χ3v) is 7.58. The van der Waals surface area contributed by atoms with E-state index in [0.717, 1.165) is 41.0 Å². The molecule has 0 spiro atoms. The molecule has 228 valence electrons. The van der Waals surface area contributed by atoms with E-state index in [1.165, 1.54) is 57.8 Å². The van der Waals surface area contributed by atoms with Crippen LogP contribution in [-0.2, 0) is 0 Å². The Bertz CT molecular complexity index is 1610. The van der Waals surface area contributed by atoms with Gasteiger partial charge in [-0.05, 0) is 78.7 Å². The van der Waals surface area contributed by atoms with Crippen molar-refractivity contribution in [3.63, 3.8) is 0 Å². The standard InChI is InChI=1S/C36H40N4O4/c1-3-5-6-7-8-9-10-11-12-13-24-42-31-21-16-28(17-22-31)33-37-39-35(43-33)29-18-23-32(26(4-2)25-29)36-40-38-34(44-36)27-14-19-30(41)20-15-27/h4,14-23,25,41H,2-3,5-13,24H2,1H3. The summed E-state index contributed by atoms with van der Waals surface area (Å²) in [5.74, 6) is 2.55. The number of ether oxygens (including phenoxy) is 1. The van der Waals surface area contributed by atoms with E-state index in [-0.39, 0.29) is 5.75 Å². The molecule has 0 aliphatic rings. The van der Waals surface area contributed by atoms with Crippen LogP contribution in [0.1, 0.15) is 76.7 Å². The first-order chi connectivity index (χ1) is 21.6. The molecule has 3 aromatic carbocycles. The van der Waals surface area contributed by atoms with Crippen molar-refractivity contribution in [3.05, 3.63) is 78.9 Å². The van der Waals surface area contributed by atoms with Crippen LogP contribution in [0.5, 0.6) is 11.5 Å². The van der Waals surface area contributed by atoms with E-state index >= 15 is 0 Å². The number of hydrogen-bond acceptors (Lipinski definition) is 8. The SMILES string of the molecule is C=Cc1cc(-c2nnc(-c3ccc(OCCCCCCCCCCCC)cc3)o2)ccc1-c1nnc(-c2ccc(O)cc2)o1. The second kappa shape index (κ2) is 15.7. The Labute approximate surface area is 258 Å². The molecule has 0 aliphatic carbocycles. The lowest BCUT2D eigenvalue weighted by atomic mass is 10.0. The quantitative estimate of drug-likeness (QED) is 0.106. The van der Waals surface area contributed by atoms with Crippen molar-refractivity contribution in [1.82, 2.24) is 20.4 Å². The number of unbranched alkanes of at least 4 members (excludes halogenated alkanes) is 9. The molecule has 0 bridgehead atoms. The molecule has 0 saturated heterocycles. The summed E-state index contributed by atoms with van der Waals surface area (Å²) in [6, 6.07) is 20.0. The van der Waals surface area contributed by atoms with Crippen molar-refractivity contribution in [2.24, 2.45) is 0 Å². The second-order valence-electron chi connectivity index (χ2n) is 10.9. The van der Waals surface area contributed by atoms with E-state index in [1.54, 1.807) is 30.3 Å². The van der Waals surface area contributed by atoms with Crippen molar-refractivity contribution >= 4 is 6.08 Å². The minimum Gasteiger partial charge on any atom is -0.508 e. The van der Waals surface area contributed by atoms with Crippen LogP contribution < -0.4 is 4.74 Å². The van der Waals surface area contributed by atoms with Crippen LogP contribution in [-0.4, -0.2) is 32.1 Å². The first-order valence-corrected chi connectivity index (χ1v) is 15.6. The lowest BCUT2D eigenvalue weighted by Gasteiger charge is -2.06. The summed E-state index contributed by atoms with van der Waals surface area (Å²) >= 11 is 0. The van der Waals surface area contributed by atoms with Crippen molar-refractivity contribution in [2.45, 2.75) is 71.1 Å². The molecule has 5 aromatic rings. The fourth-order valence-electron chi connectivity index (χ4n) is 5.04. The monoisotopic (exact) mass is 592 g/mol. The highest BCUT2D eigenvalue weighted by Gasteiger charge is 2.16. The summed E-state index contributed by atoms with van der Waals surface area (Å²) in [4.78, 5) is 0. The Kier molecular flexibility index (Phi) is 10.9. The number of phenols is 1. The molecule has 0 aliphatic heterocycles. The lowest BCUT2D eigenvalue weighted by Crippen LogP contribution is -1.97. The topological polar surface area (TPSA) is 107 Å². The second-order valence-corrected chi connectivity index (χ2v) is 10.9. The first-order valence-electron chi connectivity index (χ1n) is 15.6. The molecule has 0 atom stereocenters. The number of aromatic nitrogens is 4. The maximum Gasteiger partial charge on any atom is 0.248 e. The summed E-state index contributed by atoms with van der Waals surface area (Å²) < 4.78 is 17.9. The summed E-state index contributed by atoms with van der Waals surface area (Å²) in [6.45, 7) is 6.93. The number of aromatic hydroxyl groups is 1. The number of benzene rings is 3. The maximum atomic E-state index is 9.53. The van der Waals surface area contributed by atoms with E-state index in [0.29, 0.717) is 29.1 Å². The molecule has 0 fully saturated rings. The molecule has 2 aromatic heterocycles. The van der Waals surface area contributed by atoms with E-state index in [4.69, 9.17) is 13.6 Å². The third kappa shape index (κ3) is 8.22. The number of nitrogens with zero attached hydrogens (tertiary/aromatic N) is 4. The van der Waals surface area contributed by atoms with Gasteiger partial charge in [0.15, 0.2) is 0 Å². The zero-order valence-corrected chi connectivity index (χ0v) is 25.4. The average molecular weight is 593 g/mol. The highest BCUT2D eigenvalue weighted by Crippen LogP contribution is 2.32. The van der Waals surface area contributed by atoms with Crippen molar-refractivity contribution < 1.29 is 18.7 Å². The molecule has 0 unspecified atom stereocenters. The normalized spacial score (nSPS) is 11.1. The minimum absolute atomic E-state index is 0.169. The Morgan fingerprint density at radius 3 is 1.75 bits per heavy atom. The number of hydrogen-bond donors (Lipinski definition) is 1. The molecular formula is C36H40N4O4. The first kappa shape index (κ1) is 30.7. The number of rotatable bonds is 17. The van der Waals surface area contributed by atoms with Crippen molar-refractivity contribution in [2.75, 3.05) is 6.61 Å². The highest BCUT2D eigenvalue weighted by atomic mass is 16.5. The van der Waals surface area contributed by atoms with Crippen molar-refractivity contribution in [1.29, 1.82) is 0 Å². The smallest absolute Gasteiger partial charge is 0.248 e. The van der Waals surface area contributed by atoms with Gasteiger partial charge in [-0.1, -0.05) is 77.4 Å². The van der Waals surface area contributed by atoms with Gasteiger partial charge in [-0.3, -0.25) is 0 Å². The molecular weight excluding hydrogens is 552 g/mol. The maximum absolute atomic E-state index is 9.53. The zero-order chi connectivity index (χ0) is 30.6. The highest BCUT2D eigenvalue weighted by molar-refractivity contribution is 5.75. The molecule has 44 heavy (non-hydrogen) atoms. The molecule has 0 radical (unpaired) electrons. The fraction of sp³-hybridized carbons (Fsp3) is 0.333. The molecule has 8 heteroatoms. The molecule has 0 saturated carbocycles. The van der Waals surface area contributed by atoms with E-state index in [9.17, 15) is 5.11 Å². The Morgan fingerprint density at radius 1 is 0.636 bits per heavy atom. The molecule has 8 nitrogen and oxygen atoms in total. The van der Waals surface area contributed by atoms with Gasteiger partial charge in [0.2, 0.25) is 23.6 Å². The number of phenolic OH excluding ortho intramolecular Hbond substituents is 1. The van der Waals surface area contributed by atoms with Crippen LogP contribution in [0.15, 0.2) is 82.1 Å². The Hall–Kier alpha value is -4.72. The van der Waals surface area contributed by atoms with Gasteiger partial charge in [-0.25, -0.2) is 0 Å². The minimum atomic E-state index is 0.169. The van der Waals surface area contributed by atoms with Gasteiger partial charge in [-0.15, -0.1) is 20.4 Å². The largest absolute Gasteiger partial charge is 0.508 e. The van der Waals surface area contributed by atoms with Crippen molar-refractivity contribution in [3.8, 4) is 57.3 Å². The third-order valence-electron chi connectivity index (χ3n) is 7.58. The molecule has 1 N–H and O–H groups in total. The fourth-order valence-corrected chi connectivity index (χ4v) is 5.04. The lowest BCUT2D eigenvalue weighted by molar-refractivity contribution is 0.304. The predicted molar refractivity (Wildman–Crippen MR) is 173 cm³/mol. The van der Waals surface area contributed by atoms with Crippen LogP contribution in [0, 0.1) is 0 Å². The van der Waals surface area contributed by atoms with Gasteiger partial charge < -0.3 is 18.7 Å². The zero-order valence-electron chi connectivity index (χ0n) is 25.4. The average Bonchev–Trinajstić information content (AvgIpc) is 3.75. The summed E-state index contributed by atoms with van der Waals surface area (Å²) in [5, 5.41) is 26.4. The van der Waals surface area contributed by atoms with Gasteiger partial charge in [0.25, 0.3) is 0 Å². The summed E-state index contributed by atoms with van der Waals surface area (Å²) in [5.41, 5.74) is 3.80. The molecule has 2 heterocycles. The van der Waals surface area contributed by atoms with E-state index in [2.05, 4.69) is 33.9 Å². The Balaban J connectivity index is 1.13. The van der Waals surface area contributed by atoms with Gasteiger partial charge in [0.1, 0.15) is 11.5 Å². The van der Waals surface area contributed by atoms with Gasteiger partial charge >= 0.3 is 0 Å². The van der Waals surface area contributed by atoms with E-state index in [1.807, 2.05) is 42.5 Å². The van der Waals surface area contributed by atoms with E-state index < -0.39 is 0 Å². The van der Waals surface area contributed by atoms with Crippen LogP contribution in [0.25, 0.3) is 51.9 Å². The van der Waals surface area contributed by atoms with Gasteiger partial charge in [0.05, 0.1) is 6.61 Å². The Morgan fingerprint density at radius 2 is 1.14 bits per heavy atom. The van der Waals surface area contributed by atoms with Crippen LogP contribution in [0.4, 0.5) is 0 Å². The van der Waals surface area contributed by atoms with Gasteiger partial charge in [0, 0.05) is 22.3 Å². The molecule has 5 rings (SSSR count). The van der Waals surface area contributed by atoms with Crippen LogP contribution in [0.3, 0.4) is 0 Å². The predicted octanol–water partition coefficient (Wildman–Crippen LogP) is 9.77. The summed E-state index contributed by atoms with van der Waals surface area (Å²) in [6.07, 6.45) is 14.8.